The highest BCUT2D eigenvalue weighted by Gasteiger charge is 2.50. The lowest BCUT2D eigenvalue weighted by atomic mass is 10.2. The Balaban J connectivity index is 2.45. The Labute approximate surface area is 163 Å². The summed E-state index contributed by atoms with van der Waals surface area (Å²) in [6, 6.07) is 20.9. The molecule has 27 heavy (non-hydrogen) atoms. The molecule has 0 bridgehead atoms. The van der Waals surface area contributed by atoms with Crippen molar-refractivity contribution >= 4 is 18.7 Å². The van der Waals surface area contributed by atoms with Crippen molar-refractivity contribution in [2.75, 3.05) is 26.4 Å². The molecule has 0 radical (unpaired) electrons. The lowest BCUT2D eigenvalue weighted by molar-refractivity contribution is -0.0112. The Morgan fingerprint density at radius 2 is 1.37 bits per heavy atom. The first-order valence-corrected chi connectivity index (χ1v) is 11.4. The zero-order valence-corrected chi connectivity index (χ0v) is 17.6. The lowest BCUT2D eigenvalue weighted by Gasteiger charge is -2.43. The molecule has 0 fully saturated rings. The van der Waals surface area contributed by atoms with E-state index >= 15 is 0 Å². The minimum absolute atomic E-state index is 0.0280. The molecule has 0 heterocycles. The Morgan fingerprint density at radius 3 is 1.78 bits per heavy atom. The summed E-state index contributed by atoms with van der Waals surface area (Å²) in [4.78, 5) is 0. The molecule has 2 aromatic rings. The first-order valence-electron chi connectivity index (χ1n) is 9.54. The normalized spacial score (nSPS) is 13.5. The summed E-state index contributed by atoms with van der Waals surface area (Å²) in [7, 11) is -2.60. The molecule has 0 aliphatic rings. The van der Waals surface area contributed by atoms with Gasteiger partial charge in [0.15, 0.2) is 0 Å². The Kier molecular flexibility index (Phi) is 8.20. The maximum Gasteiger partial charge on any atom is 0.261 e. The second-order valence-corrected chi connectivity index (χ2v) is 12.0. The molecule has 0 spiro atoms. The Hall–Kier alpha value is -1.50. The number of benzene rings is 2. The molecule has 0 aliphatic heterocycles. The molecule has 148 valence electrons. The van der Waals surface area contributed by atoms with Gasteiger partial charge < -0.3 is 19.4 Å². The monoisotopic (exact) mass is 388 g/mol. The van der Waals surface area contributed by atoms with E-state index in [1.54, 1.807) is 0 Å². The van der Waals surface area contributed by atoms with Crippen molar-refractivity contribution in [1.29, 1.82) is 0 Å². The highest BCUT2D eigenvalue weighted by molar-refractivity contribution is 6.99. The predicted octanol–water partition coefficient (Wildman–Crippen LogP) is 2.32. The van der Waals surface area contributed by atoms with E-state index in [0.29, 0.717) is 13.0 Å². The number of ether oxygens (including phenoxy) is 1. The van der Waals surface area contributed by atoms with Gasteiger partial charge in [-0.25, -0.2) is 0 Å². The lowest BCUT2D eigenvalue weighted by Crippen LogP contribution is -2.67. The first-order chi connectivity index (χ1) is 13.0. The van der Waals surface area contributed by atoms with Crippen LogP contribution in [-0.4, -0.2) is 51.1 Å². The summed E-state index contributed by atoms with van der Waals surface area (Å²) in [5.41, 5.74) is 0. The average molecular weight is 389 g/mol. The molecule has 2 aromatic carbocycles. The van der Waals surface area contributed by atoms with Crippen molar-refractivity contribution in [2.45, 2.75) is 38.3 Å². The van der Waals surface area contributed by atoms with Crippen molar-refractivity contribution < 1.29 is 19.4 Å². The van der Waals surface area contributed by atoms with E-state index in [1.165, 1.54) is 10.4 Å². The van der Waals surface area contributed by atoms with E-state index in [2.05, 4.69) is 69.3 Å². The summed E-state index contributed by atoms with van der Waals surface area (Å²) >= 11 is 0. The zero-order chi connectivity index (χ0) is 19.8. The van der Waals surface area contributed by atoms with Crippen LogP contribution >= 0.6 is 0 Å². The summed E-state index contributed by atoms with van der Waals surface area (Å²) < 4.78 is 12.5. The fraction of sp³-hybridized carbons (Fsp3) is 0.455. The van der Waals surface area contributed by atoms with Gasteiger partial charge in [-0.1, -0.05) is 81.4 Å². The second-order valence-electron chi connectivity index (χ2n) is 7.70. The number of hydrogen-bond acceptors (Lipinski definition) is 4. The van der Waals surface area contributed by atoms with Gasteiger partial charge in [0.2, 0.25) is 0 Å². The van der Waals surface area contributed by atoms with E-state index in [0.717, 1.165) is 0 Å². The van der Waals surface area contributed by atoms with Crippen LogP contribution in [0, 0.1) is 0 Å². The van der Waals surface area contributed by atoms with Gasteiger partial charge in [0.25, 0.3) is 8.32 Å². The third kappa shape index (κ3) is 5.27. The molecule has 0 saturated heterocycles. The van der Waals surface area contributed by atoms with Crippen molar-refractivity contribution in [3.8, 4) is 0 Å². The van der Waals surface area contributed by atoms with Crippen molar-refractivity contribution in [2.24, 2.45) is 0 Å². The van der Waals surface area contributed by atoms with E-state index in [1.807, 2.05) is 12.1 Å². The standard InChI is InChI=1S/C22H32O4Si/c1-22(2,3)27(20-10-6-4-7-11-20,21-12-8-5-9-13-21)26-18-19(14-15-23)25-17-16-24/h4-13,19,23-24H,14-18H2,1-3H3. The smallest absolute Gasteiger partial charge is 0.261 e. The molecule has 1 unspecified atom stereocenters. The van der Waals surface area contributed by atoms with Crippen molar-refractivity contribution in [1.82, 2.24) is 0 Å². The van der Waals surface area contributed by atoms with Crippen LogP contribution in [0.3, 0.4) is 0 Å². The number of hydrogen-bond donors (Lipinski definition) is 2. The van der Waals surface area contributed by atoms with Crippen LogP contribution in [0.2, 0.25) is 5.04 Å². The van der Waals surface area contributed by atoms with Crippen LogP contribution in [-0.2, 0) is 9.16 Å². The molecule has 1 atom stereocenters. The third-order valence-corrected chi connectivity index (χ3v) is 9.80. The number of aliphatic hydroxyl groups is 2. The molecule has 4 nitrogen and oxygen atoms in total. The molecule has 0 aromatic heterocycles. The van der Waals surface area contributed by atoms with Gasteiger partial charge in [0.05, 0.1) is 25.9 Å². The molecule has 0 aliphatic carbocycles. The average Bonchev–Trinajstić information content (AvgIpc) is 2.67. The summed E-state index contributed by atoms with van der Waals surface area (Å²) in [5, 5.41) is 20.8. The maximum atomic E-state index is 9.37. The molecular formula is C22H32O4Si. The van der Waals surface area contributed by atoms with E-state index in [9.17, 15) is 5.11 Å². The molecular weight excluding hydrogens is 356 g/mol. The van der Waals surface area contributed by atoms with E-state index < -0.39 is 8.32 Å². The van der Waals surface area contributed by atoms with Gasteiger partial charge >= 0.3 is 0 Å². The second kappa shape index (κ2) is 10.2. The Morgan fingerprint density at radius 1 is 0.852 bits per heavy atom. The van der Waals surface area contributed by atoms with Gasteiger partial charge in [0.1, 0.15) is 0 Å². The van der Waals surface area contributed by atoms with Gasteiger partial charge in [-0.05, 0) is 21.8 Å². The molecule has 0 saturated carbocycles. The van der Waals surface area contributed by atoms with Crippen molar-refractivity contribution in [3.63, 3.8) is 0 Å². The van der Waals surface area contributed by atoms with Gasteiger partial charge in [0, 0.05) is 6.61 Å². The highest BCUT2D eigenvalue weighted by Crippen LogP contribution is 2.36. The predicted molar refractivity (Wildman–Crippen MR) is 112 cm³/mol. The van der Waals surface area contributed by atoms with Crippen LogP contribution in [0.25, 0.3) is 0 Å². The summed E-state index contributed by atoms with van der Waals surface area (Å²) in [5.74, 6) is 0. The van der Waals surface area contributed by atoms with Gasteiger partial charge in [-0.15, -0.1) is 0 Å². The van der Waals surface area contributed by atoms with Gasteiger partial charge in [-0.2, -0.15) is 0 Å². The van der Waals surface area contributed by atoms with Crippen LogP contribution < -0.4 is 10.4 Å². The van der Waals surface area contributed by atoms with Gasteiger partial charge in [-0.3, -0.25) is 0 Å². The topological polar surface area (TPSA) is 58.9 Å². The SMILES string of the molecule is CC(C)(C)[Si](OCC(CCO)OCCO)(c1ccccc1)c1ccccc1. The zero-order valence-electron chi connectivity index (χ0n) is 16.6. The molecule has 0 amide bonds. The summed E-state index contributed by atoms with van der Waals surface area (Å²) in [6.45, 7) is 7.31. The fourth-order valence-electron chi connectivity index (χ4n) is 3.56. The quantitative estimate of drug-likeness (QED) is 0.614. The first kappa shape index (κ1) is 21.8. The van der Waals surface area contributed by atoms with Crippen LogP contribution in [0.4, 0.5) is 0 Å². The molecule has 5 heteroatoms. The van der Waals surface area contributed by atoms with Crippen molar-refractivity contribution in [3.05, 3.63) is 60.7 Å². The van der Waals surface area contributed by atoms with E-state index in [4.69, 9.17) is 14.3 Å². The minimum atomic E-state index is -2.60. The number of rotatable bonds is 10. The maximum absolute atomic E-state index is 9.37. The minimum Gasteiger partial charge on any atom is -0.405 e. The molecule has 2 rings (SSSR count). The van der Waals surface area contributed by atoms with Crippen LogP contribution in [0.1, 0.15) is 27.2 Å². The largest absolute Gasteiger partial charge is 0.405 e. The Bertz CT molecular complexity index is 616. The fourth-order valence-corrected chi connectivity index (χ4v) is 8.15. The third-order valence-electron chi connectivity index (χ3n) is 4.80. The number of aliphatic hydroxyl groups excluding tert-OH is 2. The molecule has 2 N–H and O–H groups in total. The van der Waals surface area contributed by atoms with Crippen LogP contribution in [0.15, 0.2) is 60.7 Å². The van der Waals surface area contributed by atoms with E-state index in [-0.39, 0.29) is 31.0 Å². The highest BCUT2D eigenvalue weighted by atomic mass is 28.4. The summed E-state index contributed by atoms with van der Waals surface area (Å²) in [6.07, 6.45) is 0.238. The van der Waals surface area contributed by atoms with Crippen LogP contribution in [0.5, 0.6) is 0 Å².